The SMILES string of the molecule is Cc1ccc(-c2nc(CC(=O)NC(C)(C)C(=O)O)cs2)o1. The van der Waals surface area contributed by atoms with Gasteiger partial charge in [0.2, 0.25) is 5.91 Å². The van der Waals surface area contributed by atoms with Gasteiger partial charge in [0.15, 0.2) is 10.8 Å². The van der Waals surface area contributed by atoms with Gasteiger partial charge in [0, 0.05) is 5.38 Å². The van der Waals surface area contributed by atoms with Crippen molar-refractivity contribution in [2.75, 3.05) is 0 Å². The number of nitrogens with one attached hydrogen (secondary N) is 1. The van der Waals surface area contributed by atoms with Crippen molar-refractivity contribution in [2.24, 2.45) is 0 Å². The normalized spacial score (nSPS) is 11.4. The first kappa shape index (κ1) is 15.2. The molecule has 0 saturated carbocycles. The highest BCUT2D eigenvalue weighted by Crippen LogP contribution is 2.25. The molecule has 0 radical (unpaired) electrons. The highest BCUT2D eigenvalue weighted by atomic mass is 32.1. The fourth-order valence-corrected chi connectivity index (χ4v) is 2.44. The molecule has 0 bridgehead atoms. The zero-order chi connectivity index (χ0) is 15.6. The van der Waals surface area contributed by atoms with Crippen LogP contribution in [0.15, 0.2) is 21.9 Å². The molecule has 0 aromatic carbocycles. The van der Waals surface area contributed by atoms with Crippen molar-refractivity contribution < 1.29 is 19.1 Å². The minimum absolute atomic E-state index is 0.0346. The van der Waals surface area contributed by atoms with Crippen LogP contribution in [-0.2, 0) is 16.0 Å². The molecule has 2 rings (SSSR count). The molecule has 0 spiro atoms. The number of aryl methyl sites for hydroxylation is 1. The average Bonchev–Trinajstić information content (AvgIpc) is 2.97. The van der Waals surface area contributed by atoms with Crippen molar-refractivity contribution in [2.45, 2.75) is 32.7 Å². The number of hydrogen-bond acceptors (Lipinski definition) is 5. The van der Waals surface area contributed by atoms with Gasteiger partial charge >= 0.3 is 5.97 Å². The molecule has 2 N–H and O–H groups in total. The van der Waals surface area contributed by atoms with E-state index in [1.165, 1.54) is 25.2 Å². The van der Waals surface area contributed by atoms with Gasteiger partial charge in [-0.25, -0.2) is 9.78 Å². The number of furan rings is 1. The lowest BCUT2D eigenvalue weighted by molar-refractivity contribution is -0.145. The van der Waals surface area contributed by atoms with Crippen LogP contribution < -0.4 is 5.32 Å². The molecule has 2 heterocycles. The number of carbonyl (C=O) groups is 2. The van der Waals surface area contributed by atoms with E-state index in [4.69, 9.17) is 9.52 Å². The standard InChI is InChI=1S/C14H16N2O4S/c1-8-4-5-10(20-8)12-15-9(7-21-12)6-11(17)16-14(2,3)13(18)19/h4-5,7H,6H2,1-3H3,(H,16,17)(H,18,19). The van der Waals surface area contributed by atoms with Gasteiger partial charge in [0.05, 0.1) is 12.1 Å². The zero-order valence-corrected chi connectivity index (χ0v) is 12.8. The summed E-state index contributed by atoms with van der Waals surface area (Å²) in [5.41, 5.74) is -0.712. The number of carbonyl (C=O) groups excluding carboxylic acids is 1. The second kappa shape index (κ2) is 5.69. The summed E-state index contributed by atoms with van der Waals surface area (Å²) in [6, 6.07) is 3.67. The second-order valence-electron chi connectivity index (χ2n) is 5.21. The number of aliphatic carboxylic acids is 1. The molecule has 0 aliphatic rings. The van der Waals surface area contributed by atoms with Gasteiger partial charge in [-0.1, -0.05) is 0 Å². The summed E-state index contributed by atoms with van der Waals surface area (Å²) in [6.45, 7) is 4.72. The number of carboxylic acids is 1. The largest absolute Gasteiger partial charge is 0.480 e. The minimum atomic E-state index is -1.30. The summed E-state index contributed by atoms with van der Waals surface area (Å²) in [7, 11) is 0. The maximum atomic E-state index is 11.8. The van der Waals surface area contributed by atoms with E-state index in [0.29, 0.717) is 16.5 Å². The van der Waals surface area contributed by atoms with Gasteiger partial charge in [-0.15, -0.1) is 11.3 Å². The number of rotatable bonds is 5. The summed E-state index contributed by atoms with van der Waals surface area (Å²) in [5.74, 6) is -0.00604. The second-order valence-corrected chi connectivity index (χ2v) is 6.07. The highest BCUT2D eigenvalue weighted by molar-refractivity contribution is 7.13. The van der Waals surface area contributed by atoms with Crippen LogP contribution in [0.3, 0.4) is 0 Å². The first-order valence-electron chi connectivity index (χ1n) is 6.33. The molecule has 2 aromatic rings. The molecule has 1 amide bonds. The van der Waals surface area contributed by atoms with Crippen molar-refractivity contribution in [3.05, 3.63) is 29.0 Å². The van der Waals surface area contributed by atoms with Crippen molar-refractivity contribution >= 4 is 23.2 Å². The van der Waals surface area contributed by atoms with Gasteiger partial charge in [0.1, 0.15) is 11.3 Å². The molecular weight excluding hydrogens is 292 g/mol. The third-order valence-corrected chi connectivity index (χ3v) is 3.74. The lowest BCUT2D eigenvalue weighted by Gasteiger charge is -2.20. The minimum Gasteiger partial charge on any atom is -0.480 e. The molecule has 2 aromatic heterocycles. The van der Waals surface area contributed by atoms with E-state index in [1.807, 2.05) is 19.1 Å². The highest BCUT2D eigenvalue weighted by Gasteiger charge is 2.29. The first-order valence-corrected chi connectivity index (χ1v) is 7.21. The summed E-state index contributed by atoms with van der Waals surface area (Å²) in [6.07, 6.45) is 0.0346. The average molecular weight is 308 g/mol. The quantitative estimate of drug-likeness (QED) is 0.883. The Balaban J connectivity index is 2.03. The van der Waals surface area contributed by atoms with Crippen LogP contribution >= 0.6 is 11.3 Å². The van der Waals surface area contributed by atoms with E-state index in [2.05, 4.69) is 10.3 Å². The molecule has 0 aliphatic heterocycles. The van der Waals surface area contributed by atoms with E-state index in [9.17, 15) is 9.59 Å². The van der Waals surface area contributed by atoms with Gasteiger partial charge in [-0.2, -0.15) is 0 Å². The Kier molecular flexibility index (Phi) is 4.13. The van der Waals surface area contributed by atoms with E-state index in [0.717, 1.165) is 5.76 Å². The number of nitrogens with zero attached hydrogens (tertiary/aromatic N) is 1. The molecule has 0 atom stereocenters. The topological polar surface area (TPSA) is 92.4 Å². The predicted octanol–water partition coefficient (Wildman–Crippen LogP) is 2.23. The number of amides is 1. The summed E-state index contributed by atoms with van der Waals surface area (Å²) in [5, 5.41) is 13.9. The van der Waals surface area contributed by atoms with E-state index >= 15 is 0 Å². The van der Waals surface area contributed by atoms with Crippen LogP contribution in [0.25, 0.3) is 10.8 Å². The molecule has 0 unspecified atom stereocenters. The maximum absolute atomic E-state index is 11.8. The van der Waals surface area contributed by atoms with Crippen LogP contribution in [-0.4, -0.2) is 27.5 Å². The van der Waals surface area contributed by atoms with Crippen molar-refractivity contribution in [1.29, 1.82) is 0 Å². The Morgan fingerprint density at radius 3 is 2.71 bits per heavy atom. The molecule has 0 saturated heterocycles. The molecule has 112 valence electrons. The van der Waals surface area contributed by atoms with E-state index in [1.54, 1.807) is 5.38 Å². The Labute approximate surface area is 125 Å². The van der Waals surface area contributed by atoms with Crippen molar-refractivity contribution in [3.8, 4) is 10.8 Å². The van der Waals surface area contributed by atoms with Gasteiger partial charge in [0.25, 0.3) is 0 Å². The number of aromatic nitrogens is 1. The molecule has 7 heteroatoms. The smallest absolute Gasteiger partial charge is 0.328 e. The van der Waals surface area contributed by atoms with Crippen LogP contribution in [0.1, 0.15) is 25.3 Å². The molecular formula is C14H16N2O4S. The van der Waals surface area contributed by atoms with Crippen molar-refractivity contribution in [3.63, 3.8) is 0 Å². The maximum Gasteiger partial charge on any atom is 0.328 e. The Morgan fingerprint density at radius 2 is 2.14 bits per heavy atom. The monoisotopic (exact) mass is 308 g/mol. The summed E-state index contributed by atoms with van der Waals surface area (Å²) in [4.78, 5) is 27.1. The first-order chi connectivity index (χ1) is 9.78. The van der Waals surface area contributed by atoms with Crippen LogP contribution in [0.4, 0.5) is 0 Å². The molecule has 6 nitrogen and oxygen atoms in total. The third-order valence-electron chi connectivity index (χ3n) is 2.83. The fraction of sp³-hybridized carbons (Fsp3) is 0.357. The van der Waals surface area contributed by atoms with Gasteiger partial charge in [-0.05, 0) is 32.9 Å². The van der Waals surface area contributed by atoms with E-state index < -0.39 is 11.5 Å². The zero-order valence-electron chi connectivity index (χ0n) is 12.0. The predicted molar refractivity (Wildman–Crippen MR) is 78.1 cm³/mol. The van der Waals surface area contributed by atoms with Gasteiger partial charge in [-0.3, -0.25) is 4.79 Å². The fourth-order valence-electron chi connectivity index (χ4n) is 1.66. The summed E-state index contributed by atoms with van der Waals surface area (Å²) >= 11 is 1.38. The van der Waals surface area contributed by atoms with Crippen LogP contribution in [0.2, 0.25) is 0 Å². The molecule has 21 heavy (non-hydrogen) atoms. The van der Waals surface area contributed by atoms with Gasteiger partial charge < -0.3 is 14.8 Å². The Morgan fingerprint density at radius 1 is 1.43 bits per heavy atom. The number of thiazole rings is 1. The third kappa shape index (κ3) is 3.69. The van der Waals surface area contributed by atoms with Crippen LogP contribution in [0, 0.1) is 6.92 Å². The number of carboxylic acid groups (broad SMARTS) is 1. The number of hydrogen-bond donors (Lipinski definition) is 2. The molecule has 0 fully saturated rings. The van der Waals surface area contributed by atoms with Crippen LogP contribution in [0.5, 0.6) is 0 Å². The Hall–Kier alpha value is -2.15. The lowest BCUT2D eigenvalue weighted by Crippen LogP contribution is -2.50. The lowest BCUT2D eigenvalue weighted by atomic mass is 10.1. The Bertz CT molecular complexity index is 672. The summed E-state index contributed by atoms with van der Waals surface area (Å²) < 4.78 is 5.47. The molecule has 0 aliphatic carbocycles. The van der Waals surface area contributed by atoms with E-state index in [-0.39, 0.29) is 12.3 Å². The van der Waals surface area contributed by atoms with Crippen molar-refractivity contribution in [1.82, 2.24) is 10.3 Å².